The van der Waals surface area contributed by atoms with E-state index in [-0.39, 0.29) is 22.5 Å². The number of allylic oxidation sites excluding steroid dienone is 2. The third-order valence-corrected chi connectivity index (χ3v) is 7.75. The third-order valence-electron chi connectivity index (χ3n) is 7.75. The summed E-state index contributed by atoms with van der Waals surface area (Å²) in [4.78, 5) is 6.33. The Morgan fingerprint density at radius 2 is 2.09 bits per heavy atom. The smallest absolute Gasteiger partial charge is 0.402 e. The number of nitrogens with two attached hydrogens (primary N) is 2. The van der Waals surface area contributed by atoms with E-state index in [0.717, 1.165) is 24.9 Å². The number of rotatable bonds is 8. The molecule has 1 aromatic heterocycles. The fourth-order valence-electron chi connectivity index (χ4n) is 6.45. The van der Waals surface area contributed by atoms with Crippen molar-refractivity contribution < 1.29 is 28.0 Å². The number of quaternary nitrogens is 1. The van der Waals surface area contributed by atoms with Crippen molar-refractivity contribution in [3.05, 3.63) is 29.6 Å². The molecule has 0 radical (unpaired) electrons. The maximum absolute atomic E-state index is 12.7. The molecule has 3 aliphatic carbocycles. The van der Waals surface area contributed by atoms with Gasteiger partial charge in [0.15, 0.2) is 11.6 Å². The zero-order valence-electron chi connectivity index (χ0n) is 18.3. The van der Waals surface area contributed by atoms with Gasteiger partial charge in [-0.1, -0.05) is 0 Å². The first-order valence-corrected chi connectivity index (χ1v) is 11.0. The highest BCUT2D eigenvalue weighted by Gasteiger charge is 2.91. The van der Waals surface area contributed by atoms with Crippen LogP contribution in [0, 0.1) is 28.6 Å². The van der Waals surface area contributed by atoms with Gasteiger partial charge >= 0.3 is 6.36 Å². The van der Waals surface area contributed by atoms with Crippen LogP contribution < -0.4 is 15.8 Å². The SMILES string of the molecule is COC1CN(C2C3CC4C2C34C(=CC(=N)c2cnc(N)c(OC(F)(F)F)c2)[NH2+]C(C)C)C1. The van der Waals surface area contributed by atoms with E-state index in [4.69, 9.17) is 15.9 Å². The summed E-state index contributed by atoms with van der Waals surface area (Å²) in [6, 6.07) is 2.03. The van der Waals surface area contributed by atoms with Crippen molar-refractivity contribution in [2.45, 2.75) is 44.8 Å². The fraction of sp³-hybridized carbons (Fsp3) is 0.636. The Morgan fingerprint density at radius 3 is 2.69 bits per heavy atom. The van der Waals surface area contributed by atoms with Gasteiger partial charge in [0.2, 0.25) is 0 Å². The molecule has 1 saturated heterocycles. The fourth-order valence-corrected chi connectivity index (χ4v) is 6.45. The van der Waals surface area contributed by atoms with Gasteiger partial charge in [-0.15, -0.1) is 13.2 Å². The van der Waals surface area contributed by atoms with Crippen molar-refractivity contribution in [1.29, 1.82) is 5.41 Å². The molecule has 0 spiro atoms. The molecule has 5 rings (SSSR count). The molecule has 0 aromatic carbocycles. The van der Waals surface area contributed by atoms with Gasteiger partial charge in [0, 0.05) is 44.1 Å². The van der Waals surface area contributed by atoms with Crippen LogP contribution in [0.4, 0.5) is 19.0 Å². The number of halogens is 3. The number of nitrogens with zero attached hydrogens (tertiary/aromatic N) is 2. The van der Waals surface area contributed by atoms with E-state index in [9.17, 15) is 13.2 Å². The standard InChI is InChI=1S/C22H28F3N5O2/c1-10(2)29-17(6-15(26)11-4-16(20(27)28-7-11)32-22(23,24)25)21-13-5-14(21)19(18(13)21)30-8-12(9-30)31-3/h4,6-7,10,12-14,18-19,26,29H,5,8-9H2,1-3H3,(H2,27,28)/p+1. The van der Waals surface area contributed by atoms with Crippen molar-refractivity contribution in [3.8, 4) is 5.75 Å². The summed E-state index contributed by atoms with van der Waals surface area (Å²) in [6.07, 6.45) is -0.190. The molecule has 4 fully saturated rings. The van der Waals surface area contributed by atoms with E-state index >= 15 is 0 Å². The number of anilines is 1. The van der Waals surface area contributed by atoms with Gasteiger partial charge in [0.25, 0.3) is 0 Å². The molecule has 5 N–H and O–H groups in total. The molecule has 0 bridgehead atoms. The Bertz CT molecular complexity index is 967. The predicted molar refractivity (Wildman–Crippen MR) is 111 cm³/mol. The van der Waals surface area contributed by atoms with E-state index in [1.54, 1.807) is 7.11 Å². The lowest BCUT2D eigenvalue weighted by Crippen LogP contribution is -2.89. The average Bonchev–Trinajstić information content (AvgIpc) is 2.90. The Balaban J connectivity index is 1.36. The Kier molecular flexibility index (Phi) is 4.85. The van der Waals surface area contributed by atoms with Crippen LogP contribution in [0.3, 0.4) is 0 Å². The lowest BCUT2D eigenvalue weighted by Gasteiger charge is -2.55. The van der Waals surface area contributed by atoms with Gasteiger partial charge in [0.1, 0.15) is 5.70 Å². The van der Waals surface area contributed by atoms with E-state index in [0.29, 0.717) is 35.9 Å². The highest BCUT2D eigenvalue weighted by atomic mass is 19.4. The van der Waals surface area contributed by atoms with Crippen LogP contribution in [0.1, 0.15) is 25.8 Å². The second kappa shape index (κ2) is 7.16. The van der Waals surface area contributed by atoms with Crippen LogP contribution in [0.15, 0.2) is 24.0 Å². The molecule has 7 nitrogen and oxygen atoms in total. The topological polar surface area (TPSA) is 101 Å². The number of fused-ring (bicyclic) bond motifs is 1. The minimum Gasteiger partial charge on any atom is -0.402 e. The van der Waals surface area contributed by atoms with Gasteiger partial charge in [-0.05, 0) is 44.1 Å². The average molecular weight is 453 g/mol. The molecular formula is C22H29F3N5O2+. The van der Waals surface area contributed by atoms with E-state index in [1.807, 2.05) is 6.08 Å². The number of methoxy groups -OCH3 is 1. The summed E-state index contributed by atoms with van der Waals surface area (Å²) in [5.74, 6) is 0.888. The summed E-state index contributed by atoms with van der Waals surface area (Å²) in [5, 5.41) is 10.8. The van der Waals surface area contributed by atoms with Crippen molar-refractivity contribution in [3.63, 3.8) is 0 Å². The molecule has 5 unspecified atom stereocenters. The largest absolute Gasteiger partial charge is 0.573 e. The number of hydrogen-bond acceptors (Lipinski definition) is 6. The normalized spacial score (nSPS) is 33.8. The maximum Gasteiger partial charge on any atom is 0.573 e. The Labute approximate surface area is 184 Å². The highest BCUT2D eigenvalue weighted by Crippen LogP contribution is 2.89. The number of pyridine rings is 1. The molecular weight excluding hydrogens is 423 g/mol. The highest BCUT2D eigenvalue weighted by molar-refractivity contribution is 6.07. The molecule has 10 heteroatoms. The Morgan fingerprint density at radius 1 is 1.38 bits per heavy atom. The third kappa shape index (κ3) is 3.14. The molecule has 32 heavy (non-hydrogen) atoms. The van der Waals surface area contributed by atoms with Crippen molar-refractivity contribution in [2.24, 2.45) is 23.2 Å². The van der Waals surface area contributed by atoms with E-state index in [2.05, 4.69) is 33.8 Å². The van der Waals surface area contributed by atoms with Crippen LogP contribution >= 0.6 is 0 Å². The molecule has 5 atom stereocenters. The first-order valence-electron chi connectivity index (χ1n) is 11.0. The minimum absolute atomic E-state index is 0.114. The first-order chi connectivity index (χ1) is 15.1. The number of alkyl halides is 3. The number of likely N-dealkylation sites (tertiary alicyclic amines) is 1. The summed E-state index contributed by atoms with van der Waals surface area (Å²) < 4.78 is 47.4. The summed E-state index contributed by atoms with van der Waals surface area (Å²) >= 11 is 0. The van der Waals surface area contributed by atoms with Crippen molar-refractivity contribution >= 4 is 11.5 Å². The number of nitrogens with one attached hydrogen (secondary N) is 1. The molecule has 0 amide bonds. The zero-order valence-corrected chi connectivity index (χ0v) is 18.3. The molecule has 3 saturated carbocycles. The van der Waals surface area contributed by atoms with Crippen molar-refractivity contribution in [1.82, 2.24) is 9.88 Å². The number of aromatic nitrogens is 1. The number of nitrogen functional groups attached to an aromatic ring is 1. The molecule has 2 heterocycles. The maximum atomic E-state index is 12.7. The lowest BCUT2D eigenvalue weighted by molar-refractivity contribution is -0.648. The first kappa shape index (κ1) is 21.7. The molecule has 1 aromatic rings. The predicted octanol–water partition coefficient (Wildman–Crippen LogP) is 1.75. The lowest BCUT2D eigenvalue weighted by atomic mass is 9.59. The van der Waals surface area contributed by atoms with Gasteiger partial charge in [-0.2, -0.15) is 0 Å². The number of ether oxygens (including phenoxy) is 2. The summed E-state index contributed by atoms with van der Waals surface area (Å²) in [6.45, 7) is 6.18. The van der Waals surface area contributed by atoms with Gasteiger partial charge in [-0.3, -0.25) is 10.3 Å². The van der Waals surface area contributed by atoms with Gasteiger partial charge in [-0.25, -0.2) is 4.98 Å². The summed E-state index contributed by atoms with van der Waals surface area (Å²) in [5.41, 5.74) is 7.16. The monoisotopic (exact) mass is 452 g/mol. The molecule has 4 aliphatic rings. The Hall–Kier alpha value is -2.17. The van der Waals surface area contributed by atoms with Crippen molar-refractivity contribution in [2.75, 3.05) is 25.9 Å². The van der Waals surface area contributed by atoms with Crippen LogP contribution in [-0.4, -0.2) is 60.3 Å². The number of hydrogen-bond donors (Lipinski definition) is 3. The second-order valence-electron chi connectivity index (χ2n) is 9.79. The van der Waals surface area contributed by atoms with Crippen LogP contribution in [0.25, 0.3) is 0 Å². The molecule has 174 valence electrons. The molecule has 1 aliphatic heterocycles. The van der Waals surface area contributed by atoms with Crippen LogP contribution in [-0.2, 0) is 4.74 Å². The minimum atomic E-state index is -4.87. The van der Waals surface area contributed by atoms with Gasteiger partial charge in [0.05, 0.1) is 23.3 Å². The van der Waals surface area contributed by atoms with Crippen LogP contribution in [0.2, 0.25) is 0 Å². The summed E-state index contributed by atoms with van der Waals surface area (Å²) in [7, 11) is 1.76. The zero-order chi connectivity index (χ0) is 23.0. The van der Waals surface area contributed by atoms with Crippen LogP contribution in [0.5, 0.6) is 5.75 Å². The second-order valence-corrected chi connectivity index (χ2v) is 9.79. The van der Waals surface area contributed by atoms with E-state index in [1.165, 1.54) is 12.6 Å². The van der Waals surface area contributed by atoms with E-state index < -0.39 is 12.1 Å². The quantitative estimate of drug-likeness (QED) is 0.522. The van der Waals surface area contributed by atoms with Gasteiger partial charge < -0.3 is 20.5 Å².